The van der Waals surface area contributed by atoms with E-state index in [-0.39, 0.29) is 36.5 Å². The van der Waals surface area contributed by atoms with Gasteiger partial charge in [0, 0.05) is 7.11 Å². The predicted octanol–water partition coefficient (Wildman–Crippen LogP) is 3.66. The van der Waals surface area contributed by atoms with Gasteiger partial charge in [-0.2, -0.15) is 0 Å². The van der Waals surface area contributed by atoms with Crippen LogP contribution < -0.4 is 9.47 Å². The van der Waals surface area contributed by atoms with E-state index >= 15 is 0 Å². The van der Waals surface area contributed by atoms with Gasteiger partial charge in [0.25, 0.3) is 11.1 Å². The Labute approximate surface area is 183 Å². The van der Waals surface area contributed by atoms with E-state index in [0.29, 0.717) is 27.5 Å². The van der Waals surface area contributed by atoms with Crippen LogP contribution >= 0.6 is 11.8 Å². The molecule has 0 atom stereocenters. The zero-order chi connectivity index (χ0) is 22.4. The van der Waals surface area contributed by atoms with E-state index in [1.54, 1.807) is 42.5 Å². The maximum Gasteiger partial charge on any atom is 0.335 e. The maximum atomic E-state index is 12.4. The number of hydrogen-bond donors (Lipinski definition) is 1. The van der Waals surface area contributed by atoms with Crippen molar-refractivity contribution in [3.8, 4) is 11.5 Å². The Morgan fingerprint density at radius 1 is 1.13 bits per heavy atom. The fraction of sp³-hybridized carbons (Fsp3) is 0.227. The molecule has 0 unspecified atom stereocenters. The first-order chi connectivity index (χ1) is 14.9. The molecule has 0 aromatic heterocycles. The Morgan fingerprint density at radius 2 is 1.94 bits per heavy atom. The third-order valence-corrected chi connectivity index (χ3v) is 5.35. The van der Waals surface area contributed by atoms with Crippen LogP contribution in [0.3, 0.4) is 0 Å². The van der Waals surface area contributed by atoms with Gasteiger partial charge in [-0.05, 0) is 53.2 Å². The molecule has 3 rings (SSSR count). The highest BCUT2D eigenvalue weighted by atomic mass is 32.2. The van der Waals surface area contributed by atoms with E-state index in [1.165, 1.54) is 20.3 Å². The van der Waals surface area contributed by atoms with Gasteiger partial charge in [-0.3, -0.25) is 14.5 Å². The van der Waals surface area contributed by atoms with Crippen LogP contribution in [-0.4, -0.2) is 54.5 Å². The Kier molecular flexibility index (Phi) is 7.32. The molecule has 0 aliphatic carbocycles. The van der Waals surface area contributed by atoms with Gasteiger partial charge in [0.2, 0.25) is 0 Å². The van der Waals surface area contributed by atoms with E-state index in [9.17, 15) is 14.4 Å². The first-order valence-electron chi connectivity index (χ1n) is 9.30. The van der Waals surface area contributed by atoms with Crippen LogP contribution in [0.4, 0.5) is 4.79 Å². The number of amides is 2. The fourth-order valence-corrected chi connectivity index (χ4v) is 3.74. The summed E-state index contributed by atoms with van der Waals surface area (Å²) < 4.78 is 16.1. The molecule has 31 heavy (non-hydrogen) atoms. The minimum Gasteiger partial charge on any atom is -0.493 e. The number of benzene rings is 2. The second kappa shape index (κ2) is 10.1. The number of rotatable bonds is 9. The number of hydrogen-bond acceptors (Lipinski definition) is 7. The number of aromatic carboxylic acids is 1. The fourth-order valence-electron chi connectivity index (χ4n) is 2.88. The Hall–Kier alpha value is -3.30. The van der Waals surface area contributed by atoms with Crippen LogP contribution in [0.15, 0.2) is 47.4 Å². The van der Waals surface area contributed by atoms with Gasteiger partial charge >= 0.3 is 5.97 Å². The number of imide groups is 1. The van der Waals surface area contributed by atoms with Crippen LogP contribution in [0.25, 0.3) is 6.08 Å². The van der Waals surface area contributed by atoms with Crippen LogP contribution in [0.1, 0.15) is 21.5 Å². The first kappa shape index (κ1) is 22.4. The van der Waals surface area contributed by atoms with Gasteiger partial charge in [0.1, 0.15) is 6.61 Å². The normalized spacial score (nSPS) is 14.9. The lowest BCUT2D eigenvalue weighted by atomic mass is 10.1. The molecule has 0 bridgehead atoms. The van der Waals surface area contributed by atoms with Crippen molar-refractivity contribution in [2.75, 3.05) is 27.4 Å². The number of carbonyl (C=O) groups excluding carboxylic acids is 2. The molecule has 1 heterocycles. The molecule has 1 aliphatic rings. The van der Waals surface area contributed by atoms with E-state index in [2.05, 4.69) is 0 Å². The molecule has 0 radical (unpaired) electrons. The third-order valence-electron chi connectivity index (χ3n) is 4.45. The average molecular weight is 443 g/mol. The highest BCUT2D eigenvalue weighted by Crippen LogP contribution is 2.34. The molecule has 1 fully saturated rings. The molecule has 1 N–H and O–H groups in total. The van der Waals surface area contributed by atoms with Crippen molar-refractivity contribution < 1.29 is 33.7 Å². The molecule has 2 amide bonds. The number of thioether (sulfide) groups is 1. The number of carboxylic acids is 1. The smallest absolute Gasteiger partial charge is 0.335 e. The summed E-state index contributed by atoms with van der Waals surface area (Å²) in [6.45, 7) is 0.646. The van der Waals surface area contributed by atoms with Crippen molar-refractivity contribution in [3.05, 3.63) is 64.1 Å². The summed E-state index contributed by atoms with van der Waals surface area (Å²) in [5, 5.41) is 8.77. The Morgan fingerprint density at radius 3 is 2.65 bits per heavy atom. The zero-order valence-corrected chi connectivity index (χ0v) is 17.8. The summed E-state index contributed by atoms with van der Waals surface area (Å²) in [4.78, 5) is 37.1. The molecule has 2 aromatic rings. The summed E-state index contributed by atoms with van der Waals surface area (Å²) in [5.41, 5.74) is 1.56. The van der Waals surface area contributed by atoms with Gasteiger partial charge in [-0.25, -0.2) is 4.79 Å². The predicted molar refractivity (Wildman–Crippen MR) is 115 cm³/mol. The number of methoxy groups -OCH3 is 2. The average Bonchev–Trinajstić information content (AvgIpc) is 3.03. The highest BCUT2D eigenvalue weighted by Gasteiger charge is 2.34. The lowest BCUT2D eigenvalue weighted by Crippen LogP contribution is -2.31. The van der Waals surface area contributed by atoms with E-state index < -0.39 is 5.97 Å². The number of carbonyl (C=O) groups is 3. The SMILES string of the molecule is COCCN1C(=O)S/C(=C/c2ccc(OCc3cccc(C(=O)O)c3)c(OC)c2)C1=O. The topological polar surface area (TPSA) is 102 Å². The number of nitrogens with zero attached hydrogens (tertiary/aromatic N) is 1. The quantitative estimate of drug-likeness (QED) is 0.586. The van der Waals surface area contributed by atoms with E-state index in [0.717, 1.165) is 16.7 Å². The van der Waals surface area contributed by atoms with Gasteiger partial charge < -0.3 is 19.3 Å². The van der Waals surface area contributed by atoms with Gasteiger partial charge in [0.15, 0.2) is 11.5 Å². The molecular weight excluding hydrogens is 422 g/mol. The van der Waals surface area contributed by atoms with Gasteiger partial charge in [-0.1, -0.05) is 18.2 Å². The molecule has 9 heteroatoms. The van der Waals surface area contributed by atoms with Crippen molar-refractivity contribution in [3.63, 3.8) is 0 Å². The molecule has 0 saturated carbocycles. The number of ether oxygens (including phenoxy) is 3. The Bertz CT molecular complexity index is 1030. The summed E-state index contributed by atoms with van der Waals surface area (Å²) in [6, 6.07) is 11.6. The van der Waals surface area contributed by atoms with Crippen LogP contribution in [0, 0.1) is 0 Å². The first-order valence-corrected chi connectivity index (χ1v) is 10.1. The molecular formula is C22H21NO7S. The van der Waals surface area contributed by atoms with Gasteiger partial charge in [0.05, 0.1) is 30.7 Å². The van der Waals surface area contributed by atoms with Crippen LogP contribution in [-0.2, 0) is 16.1 Å². The van der Waals surface area contributed by atoms with Crippen LogP contribution in [0.5, 0.6) is 11.5 Å². The van der Waals surface area contributed by atoms with Crippen molar-refractivity contribution in [1.29, 1.82) is 0 Å². The van der Waals surface area contributed by atoms with Crippen molar-refractivity contribution in [1.82, 2.24) is 4.90 Å². The van der Waals surface area contributed by atoms with Crippen molar-refractivity contribution >= 4 is 35.0 Å². The third kappa shape index (κ3) is 5.44. The summed E-state index contributed by atoms with van der Waals surface area (Å²) in [5.74, 6) is -0.449. The second-order valence-electron chi connectivity index (χ2n) is 6.53. The largest absolute Gasteiger partial charge is 0.493 e. The molecule has 162 valence electrons. The monoisotopic (exact) mass is 443 g/mol. The minimum absolute atomic E-state index is 0.162. The maximum absolute atomic E-state index is 12.4. The van der Waals surface area contributed by atoms with E-state index in [1.807, 2.05) is 0 Å². The molecule has 1 saturated heterocycles. The second-order valence-corrected chi connectivity index (χ2v) is 7.52. The van der Waals surface area contributed by atoms with E-state index in [4.69, 9.17) is 19.3 Å². The molecule has 1 aliphatic heterocycles. The standard InChI is InChI=1S/C22H21NO7S/c1-28-9-8-23-20(24)19(31-22(23)27)12-14-6-7-17(18(11-14)29-2)30-13-15-4-3-5-16(10-15)21(25)26/h3-7,10-12H,8-9,13H2,1-2H3,(H,25,26)/b19-12+. The summed E-state index contributed by atoms with van der Waals surface area (Å²) >= 11 is 0.879. The van der Waals surface area contributed by atoms with Crippen molar-refractivity contribution in [2.45, 2.75) is 6.61 Å². The van der Waals surface area contributed by atoms with Crippen molar-refractivity contribution in [2.24, 2.45) is 0 Å². The summed E-state index contributed by atoms with van der Waals surface area (Å²) in [6.07, 6.45) is 1.63. The highest BCUT2D eigenvalue weighted by molar-refractivity contribution is 8.18. The minimum atomic E-state index is -1.00. The lowest BCUT2D eigenvalue weighted by Gasteiger charge is -2.12. The van der Waals surface area contributed by atoms with Gasteiger partial charge in [-0.15, -0.1) is 0 Å². The lowest BCUT2D eigenvalue weighted by molar-refractivity contribution is -0.123. The summed E-state index contributed by atoms with van der Waals surface area (Å²) in [7, 11) is 3.00. The Balaban J connectivity index is 1.74. The van der Waals surface area contributed by atoms with Crippen LogP contribution in [0.2, 0.25) is 0 Å². The molecule has 8 nitrogen and oxygen atoms in total. The zero-order valence-electron chi connectivity index (χ0n) is 17.0. The molecule has 2 aromatic carbocycles. The molecule has 0 spiro atoms. The number of carboxylic acid groups (broad SMARTS) is 1.